The molecule has 0 aliphatic rings. The van der Waals surface area contributed by atoms with E-state index in [0.717, 1.165) is 0 Å². The molecule has 17 heavy (non-hydrogen) atoms. The molecule has 0 aromatic heterocycles. The van der Waals surface area contributed by atoms with Crippen molar-refractivity contribution in [1.82, 2.24) is 4.90 Å². The van der Waals surface area contributed by atoms with Gasteiger partial charge in [-0.15, -0.1) is 0 Å². The van der Waals surface area contributed by atoms with Crippen LogP contribution < -0.4 is 0 Å². The highest BCUT2D eigenvalue weighted by atomic mass is 19.1. The fraction of sp³-hybridized carbons (Fsp3) is 0.333. The summed E-state index contributed by atoms with van der Waals surface area (Å²) in [5.41, 5.74) is 0.369. The van der Waals surface area contributed by atoms with Gasteiger partial charge in [0.2, 0.25) is 5.91 Å². The number of carbonyl (C=O) groups excluding carboxylic acids is 1. The van der Waals surface area contributed by atoms with Crippen LogP contribution in [0, 0.1) is 5.82 Å². The summed E-state index contributed by atoms with van der Waals surface area (Å²) in [6.07, 6.45) is -0.588. The number of carbonyl (C=O) groups is 2. The van der Waals surface area contributed by atoms with Crippen molar-refractivity contribution in [2.45, 2.75) is 19.4 Å². The molecule has 0 heterocycles. The maximum Gasteiger partial charge on any atom is 0.312 e. The monoisotopic (exact) mass is 239 g/mol. The Balaban J connectivity index is 2.83. The van der Waals surface area contributed by atoms with Gasteiger partial charge in [-0.3, -0.25) is 9.59 Å². The van der Waals surface area contributed by atoms with Gasteiger partial charge in [-0.25, -0.2) is 4.39 Å². The highest BCUT2D eigenvalue weighted by molar-refractivity contribution is 5.93. The molecular weight excluding hydrogens is 225 g/mol. The standard InChI is InChI=1S/C12H14FNO3/c1-8(9-5-3-4-6-10(9)13)14(2)11(15)7-12(16)17/h3-6,8H,7H2,1-2H3,(H,16,17). The topological polar surface area (TPSA) is 57.6 Å². The molecule has 0 aliphatic carbocycles. The minimum atomic E-state index is -1.19. The molecule has 1 atom stereocenters. The number of carboxylic acids is 1. The second-order valence-electron chi connectivity index (χ2n) is 3.77. The highest BCUT2D eigenvalue weighted by Gasteiger charge is 2.21. The number of aliphatic carboxylic acids is 1. The van der Waals surface area contributed by atoms with E-state index in [-0.39, 0.29) is 0 Å². The van der Waals surface area contributed by atoms with Gasteiger partial charge in [-0.2, -0.15) is 0 Å². The number of carboxylic acid groups (broad SMARTS) is 1. The van der Waals surface area contributed by atoms with E-state index in [1.807, 2.05) is 0 Å². The number of nitrogens with zero attached hydrogens (tertiary/aromatic N) is 1. The molecule has 0 saturated heterocycles. The minimum Gasteiger partial charge on any atom is -0.481 e. The summed E-state index contributed by atoms with van der Waals surface area (Å²) in [5, 5.41) is 8.52. The fourth-order valence-corrected chi connectivity index (χ4v) is 1.49. The zero-order valence-electron chi connectivity index (χ0n) is 9.68. The van der Waals surface area contributed by atoms with Crippen molar-refractivity contribution in [1.29, 1.82) is 0 Å². The van der Waals surface area contributed by atoms with Crippen molar-refractivity contribution in [3.63, 3.8) is 0 Å². The van der Waals surface area contributed by atoms with Crippen molar-refractivity contribution in [3.8, 4) is 0 Å². The summed E-state index contributed by atoms with van der Waals surface area (Å²) in [5.74, 6) is -2.15. The molecule has 4 nitrogen and oxygen atoms in total. The smallest absolute Gasteiger partial charge is 0.312 e. The highest BCUT2D eigenvalue weighted by Crippen LogP contribution is 2.21. The largest absolute Gasteiger partial charge is 0.481 e. The van der Waals surface area contributed by atoms with E-state index in [9.17, 15) is 14.0 Å². The first-order chi connectivity index (χ1) is 7.93. The second kappa shape index (κ2) is 5.43. The number of rotatable bonds is 4. The van der Waals surface area contributed by atoms with Crippen LogP contribution in [0.25, 0.3) is 0 Å². The van der Waals surface area contributed by atoms with E-state index >= 15 is 0 Å². The molecule has 1 N–H and O–H groups in total. The van der Waals surface area contributed by atoms with Crippen LogP contribution in [0.1, 0.15) is 24.9 Å². The normalized spacial score (nSPS) is 11.9. The molecule has 1 aromatic carbocycles. The summed E-state index contributed by atoms with van der Waals surface area (Å²) < 4.78 is 13.5. The predicted octanol–water partition coefficient (Wildman–Crippen LogP) is 1.82. The Kier molecular flexibility index (Phi) is 4.20. The number of benzene rings is 1. The minimum absolute atomic E-state index is 0.369. The van der Waals surface area contributed by atoms with Crippen LogP contribution in [-0.4, -0.2) is 28.9 Å². The zero-order valence-corrected chi connectivity index (χ0v) is 9.68. The van der Waals surface area contributed by atoms with E-state index in [0.29, 0.717) is 5.56 Å². The lowest BCUT2D eigenvalue weighted by molar-refractivity contribution is -0.144. The third-order valence-electron chi connectivity index (χ3n) is 2.63. The van der Waals surface area contributed by atoms with Crippen LogP contribution in [0.15, 0.2) is 24.3 Å². The van der Waals surface area contributed by atoms with Gasteiger partial charge in [0.1, 0.15) is 12.2 Å². The molecule has 1 amide bonds. The van der Waals surface area contributed by atoms with Gasteiger partial charge in [-0.1, -0.05) is 18.2 Å². The Hall–Kier alpha value is -1.91. The Morgan fingerprint density at radius 2 is 2.00 bits per heavy atom. The van der Waals surface area contributed by atoms with Gasteiger partial charge in [0, 0.05) is 12.6 Å². The Morgan fingerprint density at radius 1 is 1.41 bits per heavy atom. The van der Waals surface area contributed by atoms with Gasteiger partial charge in [0.15, 0.2) is 0 Å². The summed E-state index contributed by atoms with van der Waals surface area (Å²) in [6, 6.07) is 5.61. The molecule has 0 radical (unpaired) electrons. The average molecular weight is 239 g/mol. The van der Waals surface area contributed by atoms with Crippen molar-refractivity contribution in [2.24, 2.45) is 0 Å². The first kappa shape index (κ1) is 13.2. The SMILES string of the molecule is CC(c1ccccc1F)N(C)C(=O)CC(=O)O. The maximum atomic E-state index is 13.5. The van der Waals surface area contributed by atoms with Crippen molar-refractivity contribution in [2.75, 3.05) is 7.05 Å². The summed E-state index contributed by atoms with van der Waals surface area (Å²) in [7, 11) is 1.46. The third kappa shape index (κ3) is 3.27. The van der Waals surface area contributed by atoms with Crippen molar-refractivity contribution >= 4 is 11.9 Å². The molecule has 0 aliphatic heterocycles. The Bertz CT molecular complexity index is 434. The lowest BCUT2D eigenvalue weighted by Crippen LogP contribution is -2.31. The number of hydrogen-bond donors (Lipinski definition) is 1. The molecule has 1 aromatic rings. The molecule has 5 heteroatoms. The zero-order chi connectivity index (χ0) is 13.0. The molecular formula is C12H14FNO3. The van der Waals surface area contributed by atoms with E-state index in [2.05, 4.69) is 0 Å². The molecule has 0 saturated carbocycles. The van der Waals surface area contributed by atoms with Crippen LogP contribution in [0.4, 0.5) is 4.39 Å². The fourth-order valence-electron chi connectivity index (χ4n) is 1.49. The summed E-state index contributed by atoms with van der Waals surface area (Å²) in [6.45, 7) is 1.65. The van der Waals surface area contributed by atoms with Gasteiger partial charge in [0.25, 0.3) is 0 Å². The maximum absolute atomic E-state index is 13.5. The predicted molar refractivity (Wildman–Crippen MR) is 59.8 cm³/mol. The molecule has 0 fully saturated rings. The van der Waals surface area contributed by atoms with E-state index in [1.54, 1.807) is 25.1 Å². The van der Waals surface area contributed by atoms with E-state index in [4.69, 9.17) is 5.11 Å². The number of amides is 1. The van der Waals surface area contributed by atoms with E-state index in [1.165, 1.54) is 18.0 Å². The van der Waals surface area contributed by atoms with Gasteiger partial charge in [0.05, 0.1) is 6.04 Å². The summed E-state index contributed by atoms with van der Waals surface area (Å²) in [4.78, 5) is 23.1. The van der Waals surface area contributed by atoms with Gasteiger partial charge < -0.3 is 10.0 Å². The number of hydrogen-bond acceptors (Lipinski definition) is 2. The van der Waals surface area contributed by atoms with Gasteiger partial charge >= 0.3 is 5.97 Å². The first-order valence-corrected chi connectivity index (χ1v) is 5.15. The third-order valence-corrected chi connectivity index (χ3v) is 2.63. The number of halogens is 1. The van der Waals surface area contributed by atoms with Crippen LogP contribution >= 0.6 is 0 Å². The quantitative estimate of drug-likeness (QED) is 0.815. The Labute approximate surface area is 98.7 Å². The Morgan fingerprint density at radius 3 is 2.53 bits per heavy atom. The summed E-state index contributed by atoms with van der Waals surface area (Å²) >= 11 is 0. The van der Waals surface area contributed by atoms with Gasteiger partial charge in [-0.05, 0) is 13.0 Å². The average Bonchev–Trinajstić information content (AvgIpc) is 2.27. The lowest BCUT2D eigenvalue weighted by atomic mass is 10.1. The van der Waals surface area contributed by atoms with Crippen molar-refractivity contribution in [3.05, 3.63) is 35.6 Å². The van der Waals surface area contributed by atoms with Crippen LogP contribution in [0.3, 0.4) is 0 Å². The van der Waals surface area contributed by atoms with Crippen molar-refractivity contribution < 1.29 is 19.1 Å². The molecule has 1 unspecified atom stereocenters. The van der Waals surface area contributed by atoms with Crippen LogP contribution in [0.2, 0.25) is 0 Å². The van der Waals surface area contributed by atoms with Crippen LogP contribution in [-0.2, 0) is 9.59 Å². The molecule has 92 valence electrons. The van der Waals surface area contributed by atoms with E-state index < -0.39 is 30.2 Å². The molecule has 0 spiro atoms. The second-order valence-corrected chi connectivity index (χ2v) is 3.77. The molecule has 0 bridgehead atoms. The molecule has 1 rings (SSSR count). The lowest BCUT2D eigenvalue weighted by Gasteiger charge is -2.25. The first-order valence-electron chi connectivity index (χ1n) is 5.15. The van der Waals surface area contributed by atoms with Crippen LogP contribution in [0.5, 0.6) is 0 Å².